The van der Waals surface area contributed by atoms with Crippen molar-refractivity contribution in [2.24, 2.45) is 0 Å². The highest BCUT2D eigenvalue weighted by Gasteiger charge is 2.17. The largest absolute Gasteiger partial charge is 0.493 e. The molecule has 0 aliphatic carbocycles. The van der Waals surface area contributed by atoms with Gasteiger partial charge in [-0.1, -0.05) is 13.0 Å². The van der Waals surface area contributed by atoms with Gasteiger partial charge in [0.15, 0.2) is 0 Å². The van der Waals surface area contributed by atoms with Crippen molar-refractivity contribution >= 4 is 11.7 Å². The lowest BCUT2D eigenvalue weighted by Crippen LogP contribution is -2.46. The Morgan fingerprint density at radius 2 is 1.94 bits per heavy atom. The Bertz CT molecular complexity index is 1140. The summed E-state index contributed by atoms with van der Waals surface area (Å²) in [6, 6.07) is 12.1. The van der Waals surface area contributed by atoms with E-state index in [-0.39, 0.29) is 5.91 Å². The molecule has 0 atom stereocenters. The van der Waals surface area contributed by atoms with Gasteiger partial charge in [-0.05, 0) is 53.6 Å². The van der Waals surface area contributed by atoms with E-state index in [0.29, 0.717) is 12.1 Å². The topological polar surface area (TPSA) is 70.6 Å². The molecule has 2 aliphatic rings. The minimum Gasteiger partial charge on any atom is -0.493 e. The Hall–Kier alpha value is -3.45. The van der Waals surface area contributed by atoms with Crippen molar-refractivity contribution in [2.75, 3.05) is 44.2 Å². The van der Waals surface area contributed by atoms with Crippen LogP contribution in [-0.4, -0.2) is 60.1 Å². The van der Waals surface area contributed by atoms with Crippen molar-refractivity contribution in [3.8, 4) is 16.9 Å². The predicted molar refractivity (Wildman–Crippen MR) is 129 cm³/mol. The van der Waals surface area contributed by atoms with Crippen molar-refractivity contribution in [3.05, 3.63) is 71.7 Å². The summed E-state index contributed by atoms with van der Waals surface area (Å²) in [5, 5.41) is 3.03. The number of carbonyl (C=O) groups excluding carboxylic acids is 1. The van der Waals surface area contributed by atoms with Gasteiger partial charge < -0.3 is 19.9 Å². The number of carbonyl (C=O) groups is 1. The van der Waals surface area contributed by atoms with Crippen LogP contribution >= 0.6 is 0 Å². The molecule has 0 saturated carbocycles. The van der Waals surface area contributed by atoms with Gasteiger partial charge in [-0.25, -0.2) is 4.98 Å². The number of fused-ring (bicyclic) bond motifs is 1. The molecular weight excluding hydrogens is 414 g/mol. The van der Waals surface area contributed by atoms with Crippen LogP contribution in [0.15, 0.2) is 55.0 Å². The fraction of sp³-hybridized carbons (Fsp3) is 0.346. The Kier molecular flexibility index (Phi) is 6.21. The zero-order valence-electron chi connectivity index (χ0n) is 19.0. The highest BCUT2D eigenvalue weighted by atomic mass is 16.5. The average Bonchev–Trinajstić information content (AvgIpc) is 3.36. The molecule has 1 amide bonds. The number of hydrogen-bond donors (Lipinski definition) is 1. The summed E-state index contributed by atoms with van der Waals surface area (Å²) in [5.74, 6) is 1.79. The molecule has 7 nitrogen and oxygen atoms in total. The van der Waals surface area contributed by atoms with E-state index in [1.54, 1.807) is 12.4 Å². The van der Waals surface area contributed by atoms with Gasteiger partial charge in [-0.2, -0.15) is 0 Å². The smallest absolute Gasteiger partial charge is 0.253 e. The number of likely N-dealkylation sites (N-methyl/N-ethyl adjacent to an activating group) is 1. The van der Waals surface area contributed by atoms with Crippen LogP contribution in [0.3, 0.4) is 0 Å². The molecule has 2 aliphatic heterocycles. The second-order valence-electron chi connectivity index (χ2n) is 8.51. The maximum atomic E-state index is 12.8. The number of rotatable bonds is 6. The van der Waals surface area contributed by atoms with Crippen molar-refractivity contribution in [1.82, 2.24) is 20.2 Å². The summed E-state index contributed by atoms with van der Waals surface area (Å²) in [5.41, 5.74) is 4.76. The molecule has 170 valence electrons. The molecule has 1 aromatic carbocycles. The lowest BCUT2D eigenvalue weighted by molar-refractivity contribution is 0.0950. The van der Waals surface area contributed by atoms with Gasteiger partial charge in [0, 0.05) is 63.3 Å². The lowest BCUT2D eigenvalue weighted by Gasteiger charge is -2.34. The molecule has 0 spiro atoms. The normalized spacial score (nSPS) is 15.7. The second-order valence-corrected chi connectivity index (χ2v) is 8.51. The maximum absolute atomic E-state index is 12.8. The summed E-state index contributed by atoms with van der Waals surface area (Å²) >= 11 is 0. The molecule has 0 radical (unpaired) electrons. The fourth-order valence-corrected chi connectivity index (χ4v) is 4.41. The third-order valence-electron chi connectivity index (χ3n) is 6.43. The number of anilines is 1. The van der Waals surface area contributed by atoms with Gasteiger partial charge in [0.25, 0.3) is 5.91 Å². The molecule has 3 aromatic rings. The molecule has 5 rings (SSSR count). The summed E-state index contributed by atoms with van der Waals surface area (Å²) in [6.45, 7) is 8.52. The fourth-order valence-electron chi connectivity index (χ4n) is 4.41. The molecule has 0 unspecified atom stereocenters. The highest BCUT2D eigenvalue weighted by Crippen LogP contribution is 2.30. The zero-order chi connectivity index (χ0) is 22.6. The number of hydrogen-bond acceptors (Lipinski definition) is 6. The number of amides is 1. The number of aromatic nitrogens is 2. The van der Waals surface area contributed by atoms with Crippen LogP contribution in [-0.2, 0) is 13.0 Å². The summed E-state index contributed by atoms with van der Waals surface area (Å²) in [4.78, 5) is 26.4. The SMILES string of the molecule is CCN1CCN(c2cc(CNC(=O)c3cncc(-c4ccc5c(c4)CCO5)c3)ccn2)CC1. The first-order valence-electron chi connectivity index (χ1n) is 11.6. The van der Waals surface area contributed by atoms with E-state index in [0.717, 1.165) is 74.0 Å². The zero-order valence-corrected chi connectivity index (χ0v) is 19.0. The summed E-state index contributed by atoms with van der Waals surface area (Å²) < 4.78 is 5.59. The van der Waals surface area contributed by atoms with Gasteiger partial charge in [0.05, 0.1) is 12.2 Å². The molecule has 1 saturated heterocycles. The van der Waals surface area contributed by atoms with Gasteiger partial charge in [-0.3, -0.25) is 9.78 Å². The van der Waals surface area contributed by atoms with Gasteiger partial charge >= 0.3 is 0 Å². The Morgan fingerprint density at radius 3 is 2.79 bits per heavy atom. The molecule has 33 heavy (non-hydrogen) atoms. The summed E-state index contributed by atoms with van der Waals surface area (Å²) in [6.07, 6.45) is 6.14. The summed E-state index contributed by atoms with van der Waals surface area (Å²) in [7, 11) is 0. The van der Waals surface area contributed by atoms with E-state index >= 15 is 0 Å². The van der Waals surface area contributed by atoms with Gasteiger partial charge in [0.1, 0.15) is 11.6 Å². The molecule has 2 aromatic heterocycles. The van der Waals surface area contributed by atoms with E-state index in [4.69, 9.17) is 4.74 Å². The maximum Gasteiger partial charge on any atom is 0.253 e. The molecule has 4 heterocycles. The number of piperazine rings is 1. The number of benzene rings is 1. The standard InChI is InChI=1S/C26H29N5O2/c1-2-30-8-10-31(11-9-30)25-13-19(5-7-28-25)16-29-26(32)23-15-22(17-27-18-23)20-3-4-24-21(14-20)6-12-33-24/h3-5,7,13-15,17-18H,2,6,8-12,16H2,1H3,(H,29,32). The van der Waals surface area contributed by atoms with Crippen molar-refractivity contribution in [1.29, 1.82) is 0 Å². The molecular formula is C26H29N5O2. The molecule has 1 fully saturated rings. The van der Waals surface area contributed by atoms with E-state index in [2.05, 4.69) is 44.1 Å². The first kappa shape index (κ1) is 21.4. The number of pyridine rings is 2. The van der Waals surface area contributed by atoms with Crippen LogP contribution in [0.1, 0.15) is 28.4 Å². The van der Waals surface area contributed by atoms with Crippen molar-refractivity contribution in [3.63, 3.8) is 0 Å². The van der Waals surface area contributed by atoms with Gasteiger partial charge in [0.2, 0.25) is 0 Å². The third kappa shape index (κ3) is 4.83. The van der Waals surface area contributed by atoms with Crippen LogP contribution in [0.2, 0.25) is 0 Å². The molecule has 7 heteroatoms. The lowest BCUT2D eigenvalue weighted by atomic mass is 10.0. The number of nitrogens with zero attached hydrogens (tertiary/aromatic N) is 4. The minimum absolute atomic E-state index is 0.135. The first-order valence-corrected chi connectivity index (χ1v) is 11.6. The van der Waals surface area contributed by atoms with Crippen LogP contribution in [0.5, 0.6) is 5.75 Å². The number of ether oxygens (including phenoxy) is 1. The Labute approximate surface area is 194 Å². The van der Waals surface area contributed by atoms with Crippen LogP contribution in [0.25, 0.3) is 11.1 Å². The second kappa shape index (κ2) is 9.58. The van der Waals surface area contributed by atoms with E-state index in [9.17, 15) is 4.79 Å². The van der Waals surface area contributed by atoms with Crippen molar-refractivity contribution in [2.45, 2.75) is 19.9 Å². The van der Waals surface area contributed by atoms with Gasteiger partial charge in [-0.15, -0.1) is 0 Å². The van der Waals surface area contributed by atoms with Crippen LogP contribution < -0.4 is 15.0 Å². The van der Waals surface area contributed by atoms with E-state index in [1.165, 1.54) is 5.56 Å². The van der Waals surface area contributed by atoms with Crippen molar-refractivity contribution < 1.29 is 9.53 Å². The monoisotopic (exact) mass is 443 g/mol. The van der Waals surface area contributed by atoms with E-state index in [1.807, 2.05) is 30.5 Å². The minimum atomic E-state index is -0.135. The quantitative estimate of drug-likeness (QED) is 0.631. The predicted octanol–water partition coefficient (Wildman–Crippen LogP) is 3.15. The highest BCUT2D eigenvalue weighted by molar-refractivity contribution is 5.95. The molecule has 0 bridgehead atoms. The average molecular weight is 444 g/mol. The Balaban J connectivity index is 1.23. The first-order chi connectivity index (χ1) is 16.2. The third-order valence-corrected chi connectivity index (χ3v) is 6.43. The Morgan fingerprint density at radius 1 is 1.06 bits per heavy atom. The molecule has 1 N–H and O–H groups in total. The van der Waals surface area contributed by atoms with Crippen LogP contribution in [0, 0.1) is 0 Å². The number of nitrogens with one attached hydrogen (secondary N) is 1. The van der Waals surface area contributed by atoms with Crippen LogP contribution in [0.4, 0.5) is 5.82 Å². The van der Waals surface area contributed by atoms with E-state index < -0.39 is 0 Å².